The molecule has 0 saturated carbocycles. The van der Waals surface area contributed by atoms with Gasteiger partial charge in [-0.05, 0) is 47.0 Å². The quantitative estimate of drug-likeness (QED) is 0.0816. The first-order valence-electron chi connectivity index (χ1n) is 10.4. The Morgan fingerprint density at radius 3 is 2.06 bits per heavy atom. The minimum absolute atomic E-state index is 0.108. The van der Waals surface area contributed by atoms with Gasteiger partial charge in [0.15, 0.2) is 5.78 Å². The summed E-state index contributed by atoms with van der Waals surface area (Å²) in [5.74, 6) is -0.483. The SMILES string of the molecule is O=C(/C=C/c1cccc(OC(=O)c2ccc([N+](=O)[O-])cc2)c1)c1ccc(-c2ccccc2)cc1. The van der Waals surface area contributed by atoms with Crippen molar-refractivity contribution in [1.29, 1.82) is 0 Å². The largest absolute Gasteiger partial charge is 0.423 e. The number of benzene rings is 4. The smallest absolute Gasteiger partial charge is 0.343 e. The van der Waals surface area contributed by atoms with Crippen molar-refractivity contribution < 1.29 is 19.2 Å². The number of esters is 1. The van der Waals surface area contributed by atoms with Crippen molar-refractivity contribution in [2.45, 2.75) is 0 Å². The Morgan fingerprint density at radius 2 is 1.38 bits per heavy atom. The topological polar surface area (TPSA) is 86.5 Å². The standard InChI is InChI=1S/C28H19NO5/c30-27(23-12-10-22(11-13-23)21-6-2-1-3-7-21)18-9-20-5-4-8-26(19-20)34-28(31)24-14-16-25(17-15-24)29(32)33/h1-19H/b18-9+. The predicted molar refractivity (Wildman–Crippen MR) is 130 cm³/mol. The second-order valence-electron chi connectivity index (χ2n) is 7.41. The summed E-state index contributed by atoms with van der Waals surface area (Å²) >= 11 is 0. The maximum absolute atomic E-state index is 12.6. The summed E-state index contributed by atoms with van der Waals surface area (Å²) in [6.07, 6.45) is 3.12. The first-order valence-corrected chi connectivity index (χ1v) is 10.4. The van der Waals surface area contributed by atoms with Gasteiger partial charge in [0.1, 0.15) is 5.75 Å². The number of hydrogen-bond donors (Lipinski definition) is 0. The van der Waals surface area contributed by atoms with Crippen LogP contribution in [-0.2, 0) is 0 Å². The number of allylic oxidation sites excluding steroid dienone is 1. The molecular formula is C28H19NO5. The summed E-state index contributed by atoms with van der Waals surface area (Å²) in [4.78, 5) is 35.1. The molecule has 0 aromatic heterocycles. The van der Waals surface area contributed by atoms with Crippen LogP contribution in [0.4, 0.5) is 5.69 Å². The highest BCUT2D eigenvalue weighted by Crippen LogP contribution is 2.21. The molecule has 6 heteroatoms. The number of rotatable bonds is 7. The number of hydrogen-bond acceptors (Lipinski definition) is 5. The van der Waals surface area contributed by atoms with Crippen LogP contribution in [0.25, 0.3) is 17.2 Å². The van der Waals surface area contributed by atoms with E-state index in [2.05, 4.69) is 0 Å². The van der Waals surface area contributed by atoms with Crippen LogP contribution in [0.1, 0.15) is 26.3 Å². The summed E-state index contributed by atoms with van der Waals surface area (Å²) in [6.45, 7) is 0. The van der Waals surface area contributed by atoms with Crippen LogP contribution in [0.2, 0.25) is 0 Å². The molecule has 0 fully saturated rings. The molecule has 0 atom stereocenters. The fourth-order valence-corrected chi connectivity index (χ4v) is 3.29. The van der Waals surface area contributed by atoms with Crippen LogP contribution in [0.5, 0.6) is 5.75 Å². The molecule has 0 aliphatic rings. The van der Waals surface area contributed by atoms with Crippen LogP contribution < -0.4 is 4.74 Å². The van der Waals surface area contributed by atoms with Crippen LogP contribution in [0.3, 0.4) is 0 Å². The van der Waals surface area contributed by atoms with Crippen molar-refractivity contribution in [2.24, 2.45) is 0 Å². The number of carbonyl (C=O) groups is 2. The number of nitro benzene ring substituents is 1. The van der Waals surface area contributed by atoms with Gasteiger partial charge in [-0.1, -0.05) is 72.8 Å². The molecule has 6 nitrogen and oxygen atoms in total. The molecule has 0 unspecified atom stereocenters. The molecular weight excluding hydrogens is 430 g/mol. The number of ketones is 1. The highest BCUT2D eigenvalue weighted by atomic mass is 16.6. The predicted octanol–water partition coefficient (Wildman–Crippen LogP) is 6.38. The van der Waals surface area contributed by atoms with Crippen LogP contribution in [0, 0.1) is 10.1 Å². The molecule has 0 saturated heterocycles. The van der Waals surface area contributed by atoms with E-state index in [-0.39, 0.29) is 17.0 Å². The number of non-ortho nitro benzene ring substituents is 1. The van der Waals surface area contributed by atoms with Crippen molar-refractivity contribution >= 4 is 23.5 Å². The lowest BCUT2D eigenvalue weighted by atomic mass is 10.0. The molecule has 4 aromatic carbocycles. The Labute approximate surface area is 195 Å². The first-order chi connectivity index (χ1) is 16.5. The van der Waals surface area contributed by atoms with Gasteiger partial charge in [-0.25, -0.2) is 4.79 Å². The minimum Gasteiger partial charge on any atom is -0.423 e. The summed E-state index contributed by atoms with van der Waals surface area (Å²) in [7, 11) is 0. The Bertz CT molecular complexity index is 1360. The van der Waals surface area contributed by atoms with E-state index in [4.69, 9.17) is 4.74 Å². The van der Waals surface area contributed by atoms with Crippen molar-refractivity contribution in [3.8, 4) is 16.9 Å². The van der Waals surface area contributed by atoms with Crippen molar-refractivity contribution in [3.05, 3.63) is 136 Å². The zero-order chi connectivity index (χ0) is 23.9. The van der Waals surface area contributed by atoms with E-state index >= 15 is 0 Å². The summed E-state index contributed by atoms with van der Waals surface area (Å²) in [6, 6.07) is 29.2. The second-order valence-corrected chi connectivity index (χ2v) is 7.41. The van der Waals surface area contributed by atoms with E-state index in [1.54, 1.807) is 42.5 Å². The van der Waals surface area contributed by atoms with Gasteiger partial charge < -0.3 is 4.74 Å². The van der Waals surface area contributed by atoms with Crippen LogP contribution >= 0.6 is 0 Å². The monoisotopic (exact) mass is 449 g/mol. The summed E-state index contributed by atoms with van der Waals surface area (Å²) < 4.78 is 5.36. The molecule has 0 N–H and O–H groups in total. The van der Waals surface area contributed by atoms with Crippen molar-refractivity contribution in [2.75, 3.05) is 0 Å². The van der Waals surface area contributed by atoms with Gasteiger partial charge >= 0.3 is 5.97 Å². The molecule has 0 aliphatic heterocycles. The summed E-state index contributed by atoms with van der Waals surface area (Å²) in [5, 5.41) is 10.7. The molecule has 0 heterocycles. The molecule has 0 spiro atoms. The average Bonchev–Trinajstić information content (AvgIpc) is 2.88. The second kappa shape index (κ2) is 10.2. The van der Waals surface area contributed by atoms with Gasteiger partial charge in [0.25, 0.3) is 5.69 Å². The third-order valence-electron chi connectivity index (χ3n) is 5.09. The molecule has 0 bridgehead atoms. The van der Waals surface area contributed by atoms with Gasteiger partial charge in [-0.15, -0.1) is 0 Å². The molecule has 4 aromatic rings. The first kappa shape index (κ1) is 22.4. The Morgan fingerprint density at radius 1 is 0.735 bits per heavy atom. The molecule has 0 amide bonds. The minimum atomic E-state index is -0.634. The van der Waals surface area contributed by atoms with Crippen LogP contribution in [0.15, 0.2) is 109 Å². The molecule has 0 aliphatic carbocycles. The average molecular weight is 449 g/mol. The molecule has 4 rings (SSSR count). The number of nitro groups is 1. The van der Waals surface area contributed by atoms with Gasteiger partial charge in [0.05, 0.1) is 10.5 Å². The molecule has 34 heavy (non-hydrogen) atoms. The fraction of sp³-hybridized carbons (Fsp3) is 0. The number of nitrogens with zero attached hydrogens (tertiary/aromatic N) is 1. The van der Waals surface area contributed by atoms with E-state index in [0.29, 0.717) is 16.9 Å². The van der Waals surface area contributed by atoms with E-state index in [0.717, 1.165) is 11.1 Å². The lowest BCUT2D eigenvalue weighted by molar-refractivity contribution is -0.384. The van der Waals surface area contributed by atoms with Gasteiger partial charge in [0, 0.05) is 17.7 Å². The zero-order valence-corrected chi connectivity index (χ0v) is 18.0. The molecule has 0 radical (unpaired) electrons. The summed E-state index contributed by atoms with van der Waals surface area (Å²) in [5.41, 5.74) is 3.45. The Hall–Kier alpha value is -4.84. The van der Waals surface area contributed by atoms with E-state index in [9.17, 15) is 19.7 Å². The number of carbonyl (C=O) groups excluding carboxylic acids is 2. The fourth-order valence-electron chi connectivity index (χ4n) is 3.29. The van der Waals surface area contributed by atoms with Crippen molar-refractivity contribution in [3.63, 3.8) is 0 Å². The van der Waals surface area contributed by atoms with E-state index < -0.39 is 10.9 Å². The lowest BCUT2D eigenvalue weighted by Gasteiger charge is -2.05. The Balaban J connectivity index is 1.41. The van der Waals surface area contributed by atoms with Gasteiger partial charge in [-0.2, -0.15) is 0 Å². The maximum Gasteiger partial charge on any atom is 0.343 e. The maximum atomic E-state index is 12.6. The van der Waals surface area contributed by atoms with E-state index in [1.807, 2.05) is 42.5 Å². The van der Waals surface area contributed by atoms with E-state index in [1.165, 1.54) is 30.3 Å². The lowest BCUT2D eigenvalue weighted by Crippen LogP contribution is -2.08. The Kier molecular flexibility index (Phi) is 6.70. The highest BCUT2D eigenvalue weighted by Gasteiger charge is 2.12. The van der Waals surface area contributed by atoms with Crippen LogP contribution in [-0.4, -0.2) is 16.7 Å². The highest BCUT2D eigenvalue weighted by molar-refractivity contribution is 6.07. The van der Waals surface area contributed by atoms with Crippen molar-refractivity contribution in [1.82, 2.24) is 0 Å². The third kappa shape index (κ3) is 5.49. The number of ether oxygens (including phenoxy) is 1. The zero-order valence-electron chi connectivity index (χ0n) is 18.0. The normalized spacial score (nSPS) is 10.7. The van der Waals surface area contributed by atoms with Gasteiger partial charge in [-0.3, -0.25) is 14.9 Å². The van der Waals surface area contributed by atoms with Gasteiger partial charge in [0.2, 0.25) is 0 Å². The molecule has 166 valence electrons. The third-order valence-corrected chi connectivity index (χ3v) is 5.09.